The Hall–Kier alpha value is -1.000. The van der Waals surface area contributed by atoms with Gasteiger partial charge in [0.05, 0.1) is 0 Å². The molecule has 1 saturated heterocycles. The monoisotopic (exact) mass is 573 g/mol. The first-order valence-corrected chi connectivity index (χ1v) is 12.8. The molecule has 2 aliphatic rings. The lowest BCUT2D eigenvalue weighted by Gasteiger charge is -2.39. The molecule has 6 nitrogen and oxygen atoms in total. The van der Waals surface area contributed by atoms with E-state index in [0.717, 1.165) is 50.2 Å². The molecule has 0 unspecified atom stereocenters. The molecule has 1 aliphatic heterocycles. The van der Waals surface area contributed by atoms with Crippen LogP contribution in [0, 0.1) is 0 Å². The van der Waals surface area contributed by atoms with Gasteiger partial charge in [-0.15, -0.1) is 35.7 Å². The predicted octanol–water partition coefficient (Wildman–Crippen LogP) is 3.82. The van der Waals surface area contributed by atoms with Crippen molar-refractivity contribution in [2.75, 3.05) is 46.0 Å². The molecule has 32 heavy (non-hydrogen) atoms. The molecule has 0 aromatic heterocycles. The molecule has 8 heteroatoms. The molecule has 0 spiro atoms. The average Bonchev–Trinajstić information content (AvgIpc) is 2.81. The number of hydrogen-bond acceptors (Lipinski definition) is 4. The van der Waals surface area contributed by atoms with Crippen molar-refractivity contribution in [3.05, 3.63) is 30.3 Å². The second-order valence-electron chi connectivity index (χ2n) is 8.79. The number of hydrogen-bond donors (Lipinski definition) is 2. The Morgan fingerprint density at radius 2 is 1.78 bits per heavy atom. The number of nitrogens with one attached hydrogen (secondary N) is 2. The smallest absolute Gasteiger partial charge is 0.243 e. The number of aliphatic imine (C=N–C) groups is 1. The Bertz CT molecular complexity index is 689. The molecular weight excluding hydrogens is 533 g/mol. The molecule has 3 rings (SSSR count). The molecule has 0 atom stereocenters. The molecule has 1 aliphatic carbocycles. The van der Waals surface area contributed by atoms with Crippen molar-refractivity contribution in [1.82, 2.24) is 20.4 Å². The van der Waals surface area contributed by atoms with E-state index in [-0.39, 0.29) is 36.4 Å². The second kappa shape index (κ2) is 15.0. The highest BCUT2D eigenvalue weighted by molar-refractivity contribution is 14.0. The number of thioether (sulfide) groups is 1. The third kappa shape index (κ3) is 9.47. The number of carbonyl (C=O) groups is 1. The summed E-state index contributed by atoms with van der Waals surface area (Å²) in [5, 5.41) is 7.04. The highest BCUT2D eigenvalue weighted by Crippen LogP contribution is 2.25. The Morgan fingerprint density at radius 1 is 1.09 bits per heavy atom. The minimum absolute atomic E-state index is 0. The molecule has 1 saturated carbocycles. The normalized spacial score (nSPS) is 18.6. The van der Waals surface area contributed by atoms with Crippen LogP contribution >= 0.6 is 35.7 Å². The number of benzene rings is 1. The van der Waals surface area contributed by atoms with Crippen molar-refractivity contribution < 1.29 is 4.79 Å². The van der Waals surface area contributed by atoms with E-state index in [1.165, 1.54) is 37.0 Å². The molecular formula is C24H40IN5OS. The fourth-order valence-corrected chi connectivity index (χ4v) is 5.13. The van der Waals surface area contributed by atoms with Gasteiger partial charge in [0.15, 0.2) is 5.96 Å². The zero-order chi connectivity index (χ0) is 21.9. The van der Waals surface area contributed by atoms with E-state index in [2.05, 4.69) is 44.8 Å². The first-order valence-electron chi connectivity index (χ1n) is 11.8. The first kappa shape index (κ1) is 27.2. The summed E-state index contributed by atoms with van der Waals surface area (Å²) in [5.74, 6) is 1.73. The van der Waals surface area contributed by atoms with Gasteiger partial charge < -0.3 is 20.4 Å². The number of amides is 1. The summed E-state index contributed by atoms with van der Waals surface area (Å²) in [6.45, 7) is 3.31. The lowest BCUT2D eigenvalue weighted by atomic mass is 9.92. The molecule has 2 N–H and O–H groups in total. The number of carbonyl (C=O) groups excluding carboxylic acids is 1. The third-order valence-electron chi connectivity index (χ3n) is 6.24. The molecule has 1 aromatic rings. The molecule has 0 radical (unpaired) electrons. The second-order valence-corrected chi connectivity index (χ2v) is 9.96. The number of halogens is 1. The predicted molar refractivity (Wildman–Crippen MR) is 146 cm³/mol. The molecule has 180 valence electrons. The van der Waals surface area contributed by atoms with Crippen molar-refractivity contribution in [2.24, 2.45) is 4.99 Å². The number of likely N-dealkylation sites (N-methyl/N-ethyl adjacent to an activating group) is 1. The number of nitrogens with zero attached hydrogens (tertiary/aromatic N) is 3. The maximum Gasteiger partial charge on any atom is 0.243 e. The van der Waals surface area contributed by atoms with Crippen molar-refractivity contribution >= 4 is 47.6 Å². The van der Waals surface area contributed by atoms with Gasteiger partial charge in [0.25, 0.3) is 0 Å². The number of rotatable bonds is 8. The van der Waals surface area contributed by atoms with Crippen LogP contribution in [-0.2, 0) is 4.79 Å². The van der Waals surface area contributed by atoms with Gasteiger partial charge in [-0.05, 0) is 37.8 Å². The Morgan fingerprint density at radius 3 is 2.44 bits per heavy atom. The van der Waals surface area contributed by atoms with E-state index in [9.17, 15) is 4.79 Å². The Balaban J connectivity index is 0.00000363. The Labute approximate surface area is 215 Å². The summed E-state index contributed by atoms with van der Waals surface area (Å²) in [6.07, 6.45) is 9.22. The van der Waals surface area contributed by atoms with Crippen molar-refractivity contribution in [2.45, 2.75) is 61.9 Å². The first-order chi connectivity index (χ1) is 15.1. The highest BCUT2D eigenvalue weighted by atomic mass is 127. The molecule has 1 heterocycles. The van der Waals surface area contributed by atoms with Crippen molar-refractivity contribution in [3.8, 4) is 0 Å². The van der Waals surface area contributed by atoms with Crippen molar-refractivity contribution in [3.63, 3.8) is 0 Å². The minimum Gasteiger partial charge on any atom is -0.356 e. The maximum atomic E-state index is 12.0. The van der Waals surface area contributed by atoms with Gasteiger partial charge in [-0.2, -0.15) is 0 Å². The zero-order valence-corrected chi connectivity index (χ0v) is 22.7. The molecule has 2 fully saturated rings. The van der Waals surface area contributed by atoms with E-state index in [4.69, 9.17) is 0 Å². The van der Waals surface area contributed by atoms with Gasteiger partial charge in [-0.25, -0.2) is 4.99 Å². The van der Waals surface area contributed by atoms with Crippen LogP contribution in [0.4, 0.5) is 0 Å². The van der Waals surface area contributed by atoms with E-state index in [0.29, 0.717) is 6.04 Å². The van der Waals surface area contributed by atoms with Crippen LogP contribution in [0.1, 0.15) is 44.9 Å². The van der Waals surface area contributed by atoms with Crippen LogP contribution in [0.5, 0.6) is 0 Å². The number of guanidine groups is 1. The molecule has 0 bridgehead atoms. The van der Waals surface area contributed by atoms with E-state index in [1.54, 1.807) is 19.0 Å². The van der Waals surface area contributed by atoms with Crippen LogP contribution in [0.2, 0.25) is 0 Å². The van der Waals surface area contributed by atoms with Crippen LogP contribution in [0.15, 0.2) is 40.2 Å². The van der Waals surface area contributed by atoms with Gasteiger partial charge in [0, 0.05) is 56.5 Å². The van der Waals surface area contributed by atoms with Crippen LogP contribution in [-0.4, -0.2) is 79.8 Å². The summed E-state index contributed by atoms with van der Waals surface area (Å²) in [6, 6.07) is 11.7. The van der Waals surface area contributed by atoms with E-state index >= 15 is 0 Å². The minimum atomic E-state index is 0. The summed E-state index contributed by atoms with van der Waals surface area (Å²) in [4.78, 5) is 22.2. The van der Waals surface area contributed by atoms with E-state index < -0.39 is 0 Å². The van der Waals surface area contributed by atoms with Gasteiger partial charge in [0.1, 0.15) is 6.54 Å². The van der Waals surface area contributed by atoms with Gasteiger partial charge in [0.2, 0.25) is 5.91 Å². The summed E-state index contributed by atoms with van der Waals surface area (Å²) in [5.41, 5.74) is 0. The molecule has 1 aromatic carbocycles. The molecule has 1 amide bonds. The van der Waals surface area contributed by atoms with E-state index in [1.807, 2.05) is 17.8 Å². The highest BCUT2D eigenvalue weighted by Gasteiger charge is 2.26. The fraction of sp³-hybridized carbons (Fsp3) is 0.667. The average molecular weight is 574 g/mol. The third-order valence-corrected chi connectivity index (χ3v) is 7.25. The van der Waals surface area contributed by atoms with Gasteiger partial charge in [-0.3, -0.25) is 4.79 Å². The SMILES string of the molecule is CN(C)C(=O)CN=C(NCCSc1ccccc1)NC1CCN(C2CCCCC2)CC1.I. The Kier molecular flexibility index (Phi) is 12.8. The maximum absolute atomic E-state index is 12.0. The topological polar surface area (TPSA) is 60.0 Å². The van der Waals surface area contributed by atoms with Crippen molar-refractivity contribution in [1.29, 1.82) is 0 Å². The lowest BCUT2D eigenvalue weighted by molar-refractivity contribution is -0.127. The standard InChI is InChI=1S/C24H39N5OS.HI/c1-28(2)23(30)19-26-24(25-15-18-31-22-11-7-4-8-12-22)27-20-13-16-29(17-14-20)21-9-5-3-6-10-21;/h4,7-8,11-12,20-21H,3,5-6,9-10,13-19H2,1-2H3,(H2,25,26,27);1H. The van der Waals surface area contributed by atoms with Gasteiger partial charge >= 0.3 is 0 Å². The van der Waals surface area contributed by atoms with Crippen LogP contribution in [0.3, 0.4) is 0 Å². The quantitative estimate of drug-likeness (QED) is 0.163. The zero-order valence-electron chi connectivity index (χ0n) is 19.6. The summed E-state index contributed by atoms with van der Waals surface area (Å²) < 4.78 is 0. The summed E-state index contributed by atoms with van der Waals surface area (Å²) in [7, 11) is 3.55. The van der Waals surface area contributed by atoms with Crippen LogP contribution < -0.4 is 10.6 Å². The van der Waals surface area contributed by atoms with Crippen LogP contribution in [0.25, 0.3) is 0 Å². The largest absolute Gasteiger partial charge is 0.356 e. The lowest BCUT2D eigenvalue weighted by Crippen LogP contribution is -2.51. The number of piperidine rings is 1. The fourth-order valence-electron chi connectivity index (χ4n) is 4.34. The number of likely N-dealkylation sites (tertiary alicyclic amines) is 1. The summed E-state index contributed by atoms with van der Waals surface area (Å²) >= 11 is 1.83. The van der Waals surface area contributed by atoms with Gasteiger partial charge in [-0.1, -0.05) is 37.5 Å².